The van der Waals surface area contributed by atoms with Gasteiger partial charge in [0.25, 0.3) is 0 Å². The summed E-state index contributed by atoms with van der Waals surface area (Å²) >= 11 is 0. The van der Waals surface area contributed by atoms with Crippen LogP contribution in [-0.4, -0.2) is 16.4 Å². The van der Waals surface area contributed by atoms with E-state index in [9.17, 15) is 10.2 Å². The first-order chi connectivity index (χ1) is 9.74. The van der Waals surface area contributed by atoms with Crippen molar-refractivity contribution in [3.63, 3.8) is 0 Å². The highest BCUT2D eigenvalue weighted by Gasteiger charge is 2.04. The molecule has 0 unspecified atom stereocenters. The molecule has 0 aliphatic carbocycles. The van der Waals surface area contributed by atoms with Gasteiger partial charge in [-0.15, -0.1) is 0 Å². The molecule has 0 saturated carbocycles. The highest BCUT2D eigenvalue weighted by atomic mass is 16.3. The van der Waals surface area contributed by atoms with E-state index in [2.05, 4.69) is 4.99 Å². The number of hydrogen-bond donors (Lipinski definition) is 2. The molecule has 3 aromatic carbocycles. The summed E-state index contributed by atoms with van der Waals surface area (Å²) in [7, 11) is 0. The largest absolute Gasteiger partial charge is 0.508 e. The summed E-state index contributed by atoms with van der Waals surface area (Å²) in [6.45, 7) is 0. The second-order valence-electron chi connectivity index (χ2n) is 4.50. The lowest BCUT2D eigenvalue weighted by Gasteiger charge is -2.04. The number of nitrogens with zero attached hydrogens (tertiary/aromatic N) is 1. The van der Waals surface area contributed by atoms with Gasteiger partial charge in [-0.1, -0.05) is 36.4 Å². The Bertz CT molecular complexity index is 794. The number of aromatic hydroxyl groups is 2. The van der Waals surface area contributed by atoms with E-state index in [-0.39, 0.29) is 11.5 Å². The number of phenolic OH excluding ortho intramolecular Hbond substituents is 2. The van der Waals surface area contributed by atoms with Gasteiger partial charge in [0.2, 0.25) is 0 Å². The minimum atomic E-state index is 0.168. The molecule has 3 heteroatoms. The van der Waals surface area contributed by atoms with E-state index in [1.807, 2.05) is 30.3 Å². The zero-order valence-corrected chi connectivity index (χ0v) is 10.7. The molecule has 0 radical (unpaired) electrons. The highest BCUT2D eigenvalue weighted by Crippen LogP contribution is 2.26. The second kappa shape index (κ2) is 5.05. The van der Waals surface area contributed by atoms with Crippen LogP contribution in [0.3, 0.4) is 0 Å². The van der Waals surface area contributed by atoms with Crippen molar-refractivity contribution < 1.29 is 10.2 Å². The summed E-state index contributed by atoms with van der Waals surface area (Å²) in [4.78, 5) is 4.30. The van der Waals surface area contributed by atoms with Crippen LogP contribution in [0.15, 0.2) is 65.7 Å². The average Bonchev–Trinajstić information content (AvgIpc) is 2.46. The molecule has 0 saturated heterocycles. The standard InChI is InChI=1S/C17H13NO2/c19-14-6-3-5-13(10-14)18-11-16-15-7-2-1-4-12(15)8-9-17(16)20/h1-11,19-20H. The van der Waals surface area contributed by atoms with Crippen molar-refractivity contribution in [1.29, 1.82) is 0 Å². The van der Waals surface area contributed by atoms with Gasteiger partial charge >= 0.3 is 0 Å². The molecule has 0 heterocycles. The lowest BCUT2D eigenvalue weighted by atomic mass is 10.0. The van der Waals surface area contributed by atoms with Gasteiger partial charge in [0.05, 0.1) is 5.69 Å². The zero-order valence-electron chi connectivity index (χ0n) is 10.7. The first-order valence-electron chi connectivity index (χ1n) is 6.28. The Labute approximate surface area is 116 Å². The summed E-state index contributed by atoms with van der Waals surface area (Å²) in [5, 5.41) is 21.4. The Balaban J connectivity index is 2.08. The number of aliphatic imine (C=N–C) groups is 1. The summed E-state index contributed by atoms with van der Waals surface area (Å²) in [6.07, 6.45) is 1.62. The van der Waals surface area contributed by atoms with Crippen molar-refractivity contribution in [3.8, 4) is 11.5 Å². The molecule has 0 amide bonds. The first kappa shape index (κ1) is 12.2. The van der Waals surface area contributed by atoms with Crippen LogP contribution >= 0.6 is 0 Å². The number of hydrogen-bond acceptors (Lipinski definition) is 3. The van der Waals surface area contributed by atoms with Gasteiger partial charge in [-0.25, -0.2) is 0 Å². The van der Waals surface area contributed by atoms with Crippen molar-refractivity contribution in [2.24, 2.45) is 4.99 Å². The molecule has 3 nitrogen and oxygen atoms in total. The van der Waals surface area contributed by atoms with Gasteiger partial charge in [-0.3, -0.25) is 4.99 Å². The molecule has 0 spiro atoms. The molecular formula is C17H13NO2. The topological polar surface area (TPSA) is 52.8 Å². The average molecular weight is 263 g/mol. The number of rotatable bonds is 2. The smallest absolute Gasteiger partial charge is 0.124 e. The Morgan fingerprint density at radius 3 is 2.55 bits per heavy atom. The molecule has 98 valence electrons. The van der Waals surface area contributed by atoms with Crippen molar-refractivity contribution >= 4 is 22.7 Å². The van der Waals surface area contributed by atoms with E-state index in [0.717, 1.165) is 10.8 Å². The Kier molecular flexibility index (Phi) is 3.09. The van der Waals surface area contributed by atoms with Gasteiger partial charge in [-0.2, -0.15) is 0 Å². The summed E-state index contributed by atoms with van der Waals surface area (Å²) in [5.41, 5.74) is 1.31. The lowest BCUT2D eigenvalue weighted by molar-refractivity contribution is 0.475. The van der Waals surface area contributed by atoms with E-state index >= 15 is 0 Å². The van der Waals surface area contributed by atoms with Crippen LogP contribution in [0.4, 0.5) is 5.69 Å². The van der Waals surface area contributed by atoms with Gasteiger partial charge in [-0.05, 0) is 29.0 Å². The van der Waals surface area contributed by atoms with E-state index in [1.165, 1.54) is 0 Å². The van der Waals surface area contributed by atoms with Crippen LogP contribution in [0.2, 0.25) is 0 Å². The third-order valence-corrected chi connectivity index (χ3v) is 3.12. The minimum Gasteiger partial charge on any atom is -0.508 e. The molecule has 0 aliphatic heterocycles. The van der Waals surface area contributed by atoms with Crippen LogP contribution in [0.25, 0.3) is 10.8 Å². The maximum atomic E-state index is 10.0. The molecule has 2 N–H and O–H groups in total. The SMILES string of the molecule is Oc1cccc(N=Cc2c(O)ccc3ccccc23)c1. The number of phenols is 2. The Hall–Kier alpha value is -2.81. The normalized spacial score (nSPS) is 11.2. The van der Waals surface area contributed by atoms with Gasteiger partial charge in [0.1, 0.15) is 11.5 Å². The molecule has 0 atom stereocenters. The fourth-order valence-corrected chi connectivity index (χ4v) is 2.13. The lowest BCUT2D eigenvalue weighted by Crippen LogP contribution is -1.85. The van der Waals surface area contributed by atoms with Crippen LogP contribution in [-0.2, 0) is 0 Å². The van der Waals surface area contributed by atoms with E-state index in [4.69, 9.17) is 0 Å². The molecule has 0 aromatic heterocycles. The fraction of sp³-hybridized carbons (Fsp3) is 0. The molecule has 0 fully saturated rings. The first-order valence-corrected chi connectivity index (χ1v) is 6.28. The van der Waals surface area contributed by atoms with Crippen LogP contribution in [0, 0.1) is 0 Å². The van der Waals surface area contributed by atoms with Crippen molar-refractivity contribution in [1.82, 2.24) is 0 Å². The Morgan fingerprint density at radius 2 is 1.70 bits per heavy atom. The Morgan fingerprint density at radius 1 is 0.850 bits per heavy atom. The van der Waals surface area contributed by atoms with E-state index in [0.29, 0.717) is 11.3 Å². The van der Waals surface area contributed by atoms with E-state index in [1.54, 1.807) is 36.5 Å². The van der Waals surface area contributed by atoms with Gasteiger partial charge in [0, 0.05) is 17.8 Å². The summed E-state index contributed by atoms with van der Waals surface area (Å²) < 4.78 is 0. The fourth-order valence-electron chi connectivity index (χ4n) is 2.13. The number of benzene rings is 3. The van der Waals surface area contributed by atoms with Crippen LogP contribution in [0.5, 0.6) is 11.5 Å². The predicted molar refractivity (Wildman–Crippen MR) is 81.0 cm³/mol. The van der Waals surface area contributed by atoms with Crippen molar-refractivity contribution in [2.75, 3.05) is 0 Å². The summed E-state index contributed by atoms with van der Waals surface area (Å²) in [6, 6.07) is 18.0. The third kappa shape index (κ3) is 2.34. The maximum absolute atomic E-state index is 10.0. The minimum absolute atomic E-state index is 0.168. The highest BCUT2D eigenvalue weighted by molar-refractivity contribution is 6.02. The van der Waals surface area contributed by atoms with Crippen molar-refractivity contribution in [3.05, 3.63) is 66.2 Å². The predicted octanol–water partition coefficient (Wildman–Crippen LogP) is 4.00. The van der Waals surface area contributed by atoms with Crippen molar-refractivity contribution in [2.45, 2.75) is 0 Å². The quantitative estimate of drug-likeness (QED) is 0.686. The number of fused-ring (bicyclic) bond motifs is 1. The molecule has 0 aliphatic rings. The molecule has 3 rings (SSSR count). The molecule has 0 bridgehead atoms. The third-order valence-electron chi connectivity index (χ3n) is 3.12. The van der Waals surface area contributed by atoms with Crippen LogP contribution < -0.4 is 0 Å². The zero-order chi connectivity index (χ0) is 13.9. The molecule has 3 aromatic rings. The second-order valence-corrected chi connectivity index (χ2v) is 4.50. The van der Waals surface area contributed by atoms with Crippen LogP contribution in [0.1, 0.15) is 5.56 Å². The molecular weight excluding hydrogens is 250 g/mol. The van der Waals surface area contributed by atoms with Gasteiger partial charge in [0.15, 0.2) is 0 Å². The monoisotopic (exact) mass is 263 g/mol. The summed E-state index contributed by atoms with van der Waals surface area (Å²) in [5.74, 6) is 0.356. The maximum Gasteiger partial charge on any atom is 0.124 e. The molecule has 20 heavy (non-hydrogen) atoms. The van der Waals surface area contributed by atoms with Gasteiger partial charge < -0.3 is 10.2 Å². The van der Waals surface area contributed by atoms with E-state index < -0.39 is 0 Å².